The van der Waals surface area contributed by atoms with Crippen molar-refractivity contribution in [2.24, 2.45) is 0 Å². The second kappa shape index (κ2) is 8.34. The van der Waals surface area contributed by atoms with E-state index in [0.717, 1.165) is 13.1 Å². The molecule has 2 aliphatic rings. The Morgan fingerprint density at radius 2 is 1.61 bits per heavy atom. The lowest BCUT2D eigenvalue weighted by Crippen LogP contribution is -2.50. The Hall–Kier alpha value is -2.35. The fourth-order valence-electron chi connectivity index (χ4n) is 3.40. The normalized spacial score (nSPS) is 18.2. The van der Waals surface area contributed by atoms with E-state index >= 15 is 0 Å². The predicted molar refractivity (Wildman–Crippen MR) is 105 cm³/mol. The molecule has 28 heavy (non-hydrogen) atoms. The smallest absolute Gasteiger partial charge is 0.410 e. The van der Waals surface area contributed by atoms with Gasteiger partial charge in [-0.3, -0.25) is 4.79 Å². The van der Waals surface area contributed by atoms with Crippen molar-refractivity contribution < 1.29 is 18.7 Å². The zero-order valence-corrected chi connectivity index (χ0v) is 16.8. The topological polar surface area (TPSA) is 65.1 Å². The first kappa shape index (κ1) is 20.4. The maximum absolute atomic E-state index is 14.2. The van der Waals surface area contributed by atoms with Crippen LogP contribution < -0.4 is 10.2 Å². The molecule has 0 spiro atoms. The van der Waals surface area contributed by atoms with Crippen LogP contribution in [0.4, 0.5) is 14.9 Å². The Morgan fingerprint density at radius 1 is 0.964 bits per heavy atom. The molecule has 0 atom stereocenters. The average molecular weight is 392 g/mol. The van der Waals surface area contributed by atoms with Gasteiger partial charge in [0.25, 0.3) is 5.91 Å². The highest BCUT2D eigenvalue weighted by Gasteiger charge is 2.27. The van der Waals surface area contributed by atoms with Gasteiger partial charge in [0.1, 0.15) is 11.4 Å². The largest absolute Gasteiger partial charge is 0.444 e. The third kappa shape index (κ3) is 5.13. The van der Waals surface area contributed by atoms with E-state index in [1.807, 2.05) is 25.7 Å². The number of rotatable bonds is 2. The first-order valence-corrected chi connectivity index (χ1v) is 9.76. The summed E-state index contributed by atoms with van der Waals surface area (Å²) in [6.45, 7) is 10.4. The maximum Gasteiger partial charge on any atom is 0.410 e. The number of amides is 2. The van der Waals surface area contributed by atoms with Crippen molar-refractivity contribution in [2.75, 3.05) is 57.3 Å². The summed E-state index contributed by atoms with van der Waals surface area (Å²) in [6, 6.07) is 4.49. The summed E-state index contributed by atoms with van der Waals surface area (Å²) in [5, 5.41) is 3.20. The molecule has 0 bridgehead atoms. The first-order valence-electron chi connectivity index (χ1n) is 9.76. The number of piperazine rings is 2. The molecule has 2 aliphatic heterocycles. The van der Waals surface area contributed by atoms with Gasteiger partial charge in [-0.15, -0.1) is 0 Å². The number of anilines is 1. The zero-order valence-electron chi connectivity index (χ0n) is 16.8. The van der Waals surface area contributed by atoms with Crippen LogP contribution in [0.5, 0.6) is 0 Å². The number of nitrogens with zero attached hydrogens (tertiary/aromatic N) is 3. The number of carbonyl (C=O) groups is 2. The van der Waals surface area contributed by atoms with Gasteiger partial charge in [0.05, 0.1) is 0 Å². The second-order valence-electron chi connectivity index (χ2n) is 8.19. The van der Waals surface area contributed by atoms with Crippen LogP contribution in [0.25, 0.3) is 0 Å². The summed E-state index contributed by atoms with van der Waals surface area (Å²) in [5.41, 5.74) is 0.504. The molecule has 1 N–H and O–H groups in total. The highest BCUT2D eigenvalue weighted by atomic mass is 19.1. The van der Waals surface area contributed by atoms with Crippen LogP contribution in [0.15, 0.2) is 18.2 Å². The Morgan fingerprint density at radius 3 is 2.21 bits per heavy atom. The van der Waals surface area contributed by atoms with Gasteiger partial charge in [0.2, 0.25) is 0 Å². The molecule has 2 heterocycles. The molecule has 0 aromatic heterocycles. The minimum Gasteiger partial charge on any atom is -0.444 e. The third-order valence-electron chi connectivity index (χ3n) is 4.83. The van der Waals surface area contributed by atoms with Crippen molar-refractivity contribution in [1.82, 2.24) is 15.1 Å². The van der Waals surface area contributed by atoms with Crippen LogP contribution in [0, 0.1) is 5.82 Å². The molecule has 0 radical (unpaired) electrons. The summed E-state index contributed by atoms with van der Waals surface area (Å²) in [6.07, 6.45) is -0.332. The monoisotopic (exact) mass is 392 g/mol. The van der Waals surface area contributed by atoms with Crippen LogP contribution in [-0.2, 0) is 4.74 Å². The van der Waals surface area contributed by atoms with Gasteiger partial charge in [-0.05, 0) is 39.0 Å². The van der Waals surface area contributed by atoms with Crippen LogP contribution in [0.1, 0.15) is 31.1 Å². The Bertz CT molecular complexity index is 721. The molecular formula is C20H29FN4O3. The lowest BCUT2D eigenvalue weighted by Gasteiger charge is -2.37. The number of carbonyl (C=O) groups excluding carboxylic acids is 2. The standard InChI is InChI=1S/C20H29FN4O3/c1-20(2,3)28-19(27)25-10-8-23(9-11-25)17-13-15(12-16(21)14-17)18(26)24-6-4-22-5-7-24/h12-14,22H,4-11H2,1-3H3. The van der Waals surface area contributed by atoms with Gasteiger partial charge >= 0.3 is 6.09 Å². The fourth-order valence-corrected chi connectivity index (χ4v) is 3.40. The highest BCUT2D eigenvalue weighted by Crippen LogP contribution is 2.22. The number of hydrogen-bond donors (Lipinski definition) is 1. The van der Waals surface area contributed by atoms with E-state index in [1.165, 1.54) is 12.1 Å². The fraction of sp³-hybridized carbons (Fsp3) is 0.600. The lowest BCUT2D eigenvalue weighted by molar-refractivity contribution is 0.0240. The van der Waals surface area contributed by atoms with Crippen LogP contribution in [0.3, 0.4) is 0 Å². The van der Waals surface area contributed by atoms with Gasteiger partial charge < -0.3 is 24.8 Å². The van der Waals surface area contributed by atoms with Crippen LogP contribution in [-0.4, -0.2) is 79.8 Å². The number of benzene rings is 1. The average Bonchev–Trinajstić information content (AvgIpc) is 2.66. The summed E-state index contributed by atoms with van der Waals surface area (Å²) in [5.74, 6) is -0.569. The molecule has 1 aromatic rings. The lowest BCUT2D eigenvalue weighted by atomic mass is 10.1. The van der Waals surface area contributed by atoms with Crippen molar-refractivity contribution in [3.05, 3.63) is 29.6 Å². The molecule has 0 unspecified atom stereocenters. The van der Waals surface area contributed by atoms with E-state index in [4.69, 9.17) is 4.74 Å². The van der Waals surface area contributed by atoms with E-state index in [0.29, 0.717) is 50.5 Å². The summed E-state index contributed by atoms with van der Waals surface area (Å²) >= 11 is 0. The van der Waals surface area contributed by atoms with E-state index < -0.39 is 11.4 Å². The Labute approximate surface area is 165 Å². The molecule has 2 amide bonds. The number of nitrogens with one attached hydrogen (secondary N) is 1. The molecular weight excluding hydrogens is 363 g/mol. The van der Waals surface area contributed by atoms with Gasteiger partial charge in [-0.1, -0.05) is 0 Å². The quantitative estimate of drug-likeness (QED) is 0.833. The number of hydrogen-bond acceptors (Lipinski definition) is 5. The Kier molecular flexibility index (Phi) is 6.07. The van der Waals surface area contributed by atoms with Crippen LogP contribution in [0.2, 0.25) is 0 Å². The number of ether oxygens (including phenoxy) is 1. The van der Waals surface area contributed by atoms with E-state index in [1.54, 1.807) is 15.9 Å². The minimum atomic E-state index is -0.532. The van der Waals surface area contributed by atoms with E-state index in [9.17, 15) is 14.0 Å². The summed E-state index contributed by atoms with van der Waals surface area (Å²) in [4.78, 5) is 30.3. The zero-order chi connectivity index (χ0) is 20.3. The third-order valence-corrected chi connectivity index (χ3v) is 4.83. The van der Waals surface area contributed by atoms with Gasteiger partial charge in [-0.2, -0.15) is 0 Å². The van der Waals surface area contributed by atoms with Crippen molar-refractivity contribution in [2.45, 2.75) is 26.4 Å². The molecule has 7 nitrogen and oxygen atoms in total. The van der Waals surface area contributed by atoms with Crippen LogP contribution >= 0.6 is 0 Å². The SMILES string of the molecule is CC(C)(C)OC(=O)N1CCN(c2cc(F)cc(C(=O)N3CCNCC3)c2)CC1. The van der Waals surface area contributed by atoms with Crippen molar-refractivity contribution in [1.29, 1.82) is 0 Å². The van der Waals surface area contributed by atoms with Crippen molar-refractivity contribution in [3.8, 4) is 0 Å². The molecule has 3 rings (SSSR count). The molecule has 0 aliphatic carbocycles. The number of halogens is 1. The van der Waals surface area contributed by atoms with E-state index in [-0.39, 0.29) is 12.0 Å². The molecule has 0 saturated carbocycles. The molecule has 154 valence electrons. The highest BCUT2D eigenvalue weighted by molar-refractivity contribution is 5.95. The van der Waals surface area contributed by atoms with Crippen molar-refractivity contribution in [3.63, 3.8) is 0 Å². The maximum atomic E-state index is 14.2. The van der Waals surface area contributed by atoms with Gasteiger partial charge in [0.15, 0.2) is 0 Å². The van der Waals surface area contributed by atoms with E-state index in [2.05, 4.69) is 5.32 Å². The van der Waals surface area contributed by atoms with Gasteiger partial charge in [0, 0.05) is 63.6 Å². The molecule has 8 heteroatoms. The Balaban J connectivity index is 1.65. The second-order valence-corrected chi connectivity index (χ2v) is 8.19. The molecule has 2 saturated heterocycles. The minimum absolute atomic E-state index is 0.144. The first-order chi connectivity index (χ1) is 13.2. The predicted octanol–water partition coefficient (Wildman–Crippen LogP) is 1.93. The molecule has 2 fully saturated rings. The summed E-state index contributed by atoms with van der Waals surface area (Å²) in [7, 11) is 0. The van der Waals surface area contributed by atoms with Crippen molar-refractivity contribution >= 4 is 17.7 Å². The molecule has 1 aromatic carbocycles. The summed E-state index contributed by atoms with van der Waals surface area (Å²) < 4.78 is 19.6. The van der Waals surface area contributed by atoms with Gasteiger partial charge in [-0.25, -0.2) is 9.18 Å².